The van der Waals surface area contributed by atoms with Crippen LogP contribution in [0.4, 0.5) is 5.69 Å². The van der Waals surface area contributed by atoms with Gasteiger partial charge in [-0.3, -0.25) is 9.36 Å². The molecule has 0 atom stereocenters. The zero-order valence-electron chi connectivity index (χ0n) is 14.8. The molecule has 130 valence electrons. The quantitative estimate of drug-likeness (QED) is 0.763. The van der Waals surface area contributed by atoms with Gasteiger partial charge >= 0.3 is 0 Å². The van der Waals surface area contributed by atoms with Gasteiger partial charge in [-0.2, -0.15) is 0 Å². The van der Waals surface area contributed by atoms with Gasteiger partial charge in [0.15, 0.2) is 5.82 Å². The van der Waals surface area contributed by atoms with Crippen molar-refractivity contribution in [3.05, 3.63) is 64.2 Å². The molecule has 0 spiro atoms. The van der Waals surface area contributed by atoms with Gasteiger partial charge in [0.2, 0.25) is 0 Å². The SMILES string of the molecule is Cc1cc(-n2c(C)cc(C(=O)Nc3cc(CO)ccc3C)c2C)no1. The third-order valence-corrected chi connectivity index (χ3v) is 4.25. The number of carbonyl (C=O) groups excluding carboxylic acids is 1. The molecule has 2 N–H and O–H groups in total. The van der Waals surface area contributed by atoms with E-state index in [1.54, 1.807) is 6.07 Å². The summed E-state index contributed by atoms with van der Waals surface area (Å²) in [6, 6.07) is 9.16. The molecule has 1 amide bonds. The van der Waals surface area contributed by atoms with Crippen molar-refractivity contribution in [3.8, 4) is 5.82 Å². The number of aliphatic hydroxyl groups excluding tert-OH is 1. The lowest BCUT2D eigenvalue weighted by Gasteiger charge is -2.10. The Morgan fingerprint density at radius 1 is 1.20 bits per heavy atom. The molecule has 2 heterocycles. The third-order valence-electron chi connectivity index (χ3n) is 4.25. The van der Waals surface area contributed by atoms with Gasteiger partial charge in [0.25, 0.3) is 5.91 Å². The van der Waals surface area contributed by atoms with Crippen molar-refractivity contribution >= 4 is 11.6 Å². The number of aromatic nitrogens is 2. The van der Waals surface area contributed by atoms with E-state index in [2.05, 4.69) is 10.5 Å². The fraction of sp³-hybridized carbons (Fsp3) is 0.263. The van der Waals surface area contributed by atoms with E-state index in [4.69, 9.17) is 4.52 Å². The van der Waals surface area contributed by atoms with E-state index in [9.17, 15) is 9.90 Å². The van der Waals surface area contributed by atoms with Gasteiger partial charge in [-0.25, -0.2) is 0 Å². The molecular formula is C19H21N3O3. The number of aryl methyl sites for hydroxylation is 3. The zero-order valence-corrected chi connectivity index (χ0v) is 14.8. The van der Waals surface area contributed by atoms with E-state index in [1.165, 1.54) is 0 Å². The van der Waals surface area contributed by atoms with E-state index in [-0.39, 0.29) is 12.5 Å². The van der Waals surface area contributed by atoms with Crippen LogP contribution in [0.5, 0.6) is 0 Å². The highest BCUT2D eigenvalue weighted by atomic mass is 16.5. The Kier molecular flexibility index (Phi) is 4.46. The number of amides is 1. The fourth-order valence-electron chi connectivity index (χ4n) is 2.90. The van der Waals surface area contributed by atoms with Gasteiger partial charge in [0.05, 0.1) is 12.2 Å². The van der Waals surface area contributed by atoms with E-state index < -0.39 is 0 Å². The first kappa shape index (κ1) is 17.0. The van der Waals surface area contributed by atoms with E-state index >= 15 is 0 Å². The van der Waals surface area contributed by atoms with Crippen molar-refractivity contribution in [2.24, 2.45) is 0 Å². The molecule has 0 aliphatic carbocycles. The highest BCUT2D eigenvalue weighted by Crippen LogP contribution is 2.23. The fourth-order valence-corrected chi connectivity index (χ4v) is 2.90. The number of anilines is 1. The monoisotopic (exact) mass is 339 g/mol. The van der Waals surface area contributed by atoms with Gasteiger partial charge < -0.3 is 14.9 Å². The molecular weight excluding hydrogens is 318 g/mol. The number of aliphatic hydroxyl groups is 1. The Hall–Kier alpha value is -2.86. The number of nitrogens with one attached hydrogen (secondary N) is 1. The molecule has 3 rings (SSSR count). The summed E-state index contributed by atoms with van der Waals surface area (Å²) in [5.41, 5.74) is 4.65. The van der Waals surface area contributed by atoms with Crippen LogP contribution >= 0.6 is 0 Å². The summed E-state index contributed by atoms with van der Waals surface area (Å²) in [7, 11) is 0. The first-order valence-electron chi connectivity index (χ1n) is 8.05. The summed E-state index contributed by atoms with van der Waals surface area (Å²) in [5.74, 6) is 1.17. The van der Waals surface area contributed by atoms with Crippen LogP contribution in [0.3, 0.4) is 0 Å². The number of nitrogens with zero attached hydrogens (tertiary/aromatic N) is 2. The predicted molar refractivity (Wildman–Crippen MR) is 95.1 cm³/mol. The van der Waals surface area contributed by atoms with Gasteiger partial charge in [-0.05, 0) is 51.0 Å². The summed E-state index contributed by atoms with van der Waals surface area (Å²) in [4.78, 5) is 12.8. The third kappa shape index (κ3) is 3.21. The normalized spacial score (nSPS) is 10.9. The smallest absolute Gasteiger partial charge is 0.257 e. The second kappa shape index (κ2) is 6.57. The lowest BCUT2D eigenvalue weighted by molar-refractivity contribution is 0.102. The minimum absolute atomic E-state index is 0.0663. The van der Waals surface area contributed by atoms with Crippen LogP contribution in [0.1, 0.15) is 38.6 Å². The molecule has 0 radical (unpaired) electrons. The minimum atomic E-state index is -0.197. The molecule has 2 aromatic heterocycles. The lowest BCUT2D eigenvalue weighted by Crippen LogP contribution is -2.14. The van der Waals surface area contributed by atoms with E-state index in [0.717, 1.165) is 22.5 Å². The summed E-state index contributed by atoms with van der Waals surface area (Å²) >= 11 is 0. The molecule has 0 unspecified atom stereocenters. The van der Waals surface area contributed by atoms with Crippen LogP contribution in [0.15, 0.2) is 34.9 Å². The van der Waals surface area contributed by atoms with E-state index in [1.807, 2.05) is 56.5 Å². The molecule has 0 saturated heterocycles. The number of rotatable bonds is 4. The first-order chi connectivity index (χ1) is 11.9. The molecule has 0 aliphatic rings. The van der Waals surface area contributed by atoms with Crippen molar-refractivity contribution in [1.82, 2.24) is 9.72 Å². The largest absolute Gasteiger partial charge is 0.392 e. The van der Waals surface area contributed by atoms with Crippen LogP contribution in [0.2, 0.25) is 0 Å². The maximum atomic E-state index is 12.8. The van der Waals surface area contributed by atoms with Crippen molar-refractivity contribution < 1.29 is 14.4 Å². The Bertz CT molecular complexity index is 938. The second-order valence-corrected chi connectivity index (χ2v) is 6.18. The van der Waals surface area contributed by atoms with Crippen LogP contribution in [-0.4, -0.2) is 20.7 Å². The van der Waals surface area contributed by atoms with Crippen molar-refractivity contribution in [3.63, 3.8) is 0 Å². The van der Waals surface area contributed by atoms with Gasteiger partial charge in [-0.1, -0.05) is 17.3 Å². The van der Waals surface area contributed by atoms with Crippen LogP contribution in [0, 0.1) is 27.7 Å². The summed E-state index contributed by atoms with van der Waals surface area (Å²) in [5, 5.41) is 16.2. The Labute approximate surface area is 146 Å². The first-order valence-corrected chi connectivity index (χ1v) is 8.05. The topological polar surface area (TPSA) is 80.3 Å². The molecule has 0 bridgehead atoms. The Balaban J connectivity index is 1.94. The Morgan fingerprint density at radius 3 is 2.60 bits per heavy atom. The lowest BCUT2D eigenvalue weighted by atomic mass is 10.1. The number of hydrogen-bond donors (Lipinski definition) is 2. The standard InChI is InChI=1S/C19H21N3O3/c1-11-5-6-15(10-23)9-17(11)20-19(24)16-7-12(2)22(14(16)4)18-8-13(3)25-21-18/h5-9,23H,10H2,1-4H3,(H,20,24). The number of hydrogen-bond acceptors (Lipinski definition) is 4. The second-order valence-electron chi connectivity index (χ2n) is 6.18. The van der Waals surface area contributed by atoms with E-state index in [0.29, 0.717) is 22.8 Å². The van der Waals surface area contributed by atoms with Crippen LogP contribution in [-0.2, 0) is 6.61 Å². The highest BCUT2D eigenvalue weighted by molar-refractivity contribution is 6.05. The molecule has 6 heteroatoms. The van der Waals surface area contributed by atoms with Crippen molar-refractivity contribution in [1.29, 1.82) is 0 Å². The summed E-state index contributed by atoms with van der Waals surface area (Å²) in [6.45, 7) is 7.48. The highest BCUT2D eigenvalue weighted by Gasteiger charge is 2.19. The molecule has 0 aliphatic heterocycles. The maximum absolute atomic E-state index is 12.8. The number of benzene rings is 1. The molecule has 0 saturated carbocycles. The molecule has 25 heavy (non-hydrogen) atoms. The van der Waals surface area contributed by atoms with Crippen molar-refractivity contribution in [2.45, 2.75) is 34.3 Å². The number of carbonyl (C=O) groups is 1. The zero-order chi connectivity index (χ0) is 18.1. The molecule has 3 aromatic rings. The molecule has 1 aromatic carbocycles. The van der Waals surface area contributed by atoms with Gasteiger partial charge in [-0.15, -0.1) is 0 Å². The molecule has 0 fully saturated rings. The van der Waals surface area contributed by atoms with Gasteiger partial charge in [0, 0.05) is 23.1 Å². The maximum Gasteiger partial charge on any atom is 0.257 e. The van der Waals surface area contributed by atoms with Crippen LogP contribution < -0.4 is 5.32 Å². The average Bonchev–Trinajstić information content (AvgIpc) is 3.12. The Morgan fingerprint density at radius 2 is 1.96 bits per heavy atom. The van der Waals surface area contributed by atoms with Crippen molar-refractivity contribution in [2.75, 3.05) is 5.32 Å². The minimum Gasteiger partial charge on any atom is -0.392 e. The summed E-state index contributed by atoms with van der Waals surface area (Å²) in [6.07, 6.45) is 0. The van der Waals surface area contributed by atoms with Crippen LogP contribution in [0.25, 0.3) is 5.82 Å². The predicted octanol–water partition coefficient (Wildman–Crippen LogP) is 3.44. The average molecular weight is 339 g/mol. The summed E-state index contributed by atoms with van der Waals surface area (Å²) < 4.78 is 7.03. The van der Waals surface area contributed by atoms with Gasteiger partial charge in [0.1, 0.15) is 5.76 Å². The molecule has 6 nitrogen and oxygen atoms in total.